The van der Waals surface area contributed by atoms with Crippen LogP contribution in [0.4, 0.5) is 4.39 Å². The highest BCUT2D eigenvalue weighted by Gasteiger charge is 2.21. The topological polar surface area (TPSA) is 55.0 Å². The molecule has 0 radical (unpaired) electrons. The molecule has 24 heavy (non-hydrogen) atoms. The fourth-order valence-corrected chi connectivity index (χ4v) is 3.31. The van der Waals surface area contributed by atoms with Crippen LogP contribution in [-0.2, 0) is 11.2 Å². The molecule has 0 saturated carbocycles. The zero-order valence-corrected chi connectivity index (χ0v) is 15.0. The first-order valence-corrected chi connectivity index (χ1v) is 8.29. The van der Waals surface area contributed by atoms with E-state index in [1.54, 1.807) is 18.2 Å². The van der Waals surface area contributed by atoms with Crippen molar-refractivity contribution in [1.29, 1.82) is 0 Å². The minimum Gasteiger partial charge on any atom is -0.377 e. The lowest BCUT2D eigenvalue weighted by atomic mass is 9.96. The summed E-state index contributed by atoms with van der Waals surface area (Å²) in [7, 11) is 1.42. The number of ether oxygens (including phenoxy) is 1. The van der Waals surface area contributed by atoms with Gasteiger partial charge in [0, 0.05) is 34.2 Å². The van der Waals surface area contributed by atoms with Gasteiger partial charge in [-0.1, -0.05) is 33.6 Å². The lowest BCUT2D eigenvalue weighted by molar-refractivity contribution is 0.0847. The van der Waals surface area contributed by atoms with Gasteiger partial charge in [0.25, 0.3) is 0 Å². The molecule has 0 unspecified atom stereocenters. The average Bonchev–Trinajstić information content (AvgIpc) is 3.01. The van der Waals surface area contributed by atoms with Crippen LogP contribution in [0.1, 0.15) is 21.5 Å². The standard InChI is InChI=1S/C17H13BrClFN2O2/c1-24-7-15(23)11-6-14-17(22-8-21-14)16(20)12(11)4-9-2-3-10(18)5-13(9)19/h2-3,5-6,8H,4,7H2,1H3,(H,21,22). The summed E-state index contributed by atoms with van der Waals surface area (Å²) in [6.45, 7) is -0.125. The van der Waals surface area contributed by atoms with E-state index in [9.17, 15) is 9.18 Å². The molecule has 1 heterocycles. The maximum atomic E-state index is 14.9. The van der Waals surface area contributed by atoms with Gasteiger partial charge in [-0.3, -0.25) is 4.79 Å². The van der Waals surface area contributed by atoms with E-state index < -0.39 is 5.82 Å². The molecule has 4 nitrogen and oxygen atoms in total. The van der Waals surface area contributed by atoms with Crippen LogP contribution in [0.25, 0.3) is 11.0 Å². The Balaban J connectivity index is 2.15. The number of imidazole rings is 1. The highest BCUT2D eigenvalue weighted by atomic mass is 79.9. The van der Waals surface area contributed by atoms with Crippen LogP contribution in [0, 0.1) is 5.82 Å². The van der Waals surface area contributed by atoms with E-state index >= 15 is 0 Å². The third-order valence-electron chi connectivity index (χ3n) is 3.71. The Kier molecular flexibility index (Phi) is 4.99. The summed E-state index contributed by atoms with van der Waals surface area (Å²) >= 11 is 9.58. The number of carbonyl (C=O) groups excluding carboxylic acids is 1. The lowest BCUT2D eigenvalue weighted by Gasteiger charge is -2.12. The Bertz CT molecular complexity index is 926. The third-order valence-corrected chi connectivity index (χ3v) is 4.56. The number of Topliss-reactive ketones (excluding diaryl/α,β-unsaturated/α-hetero) is 1. The number of H-pyrrole nitrogens is 1. The molecule has 3 rings (SSSR count). The number of nitrogens with zero attached hydrogens (tertiary/aromatic N) is 1. The first-order valence-electron chi connectivity index (χ1n) is 7.11. The highest BCUT2D eigenvalue weighted by Crippen LogP contribution is 2.29. The largest absolute Gasteiger partial charge is 0.377 e. The molecule has 0 atom stereocenters. The Labute approximate surface area is 151 Å². The fourth-order valence-electron chi connectivity index (χ4n) is 2.57. The quantitative estimate of drug-likeness (QED) is 0.627. The van der Waals surface area contributed by atoms with Crippen LogP contribution in [0.15, 0.2) is 35.1 Å². The van der Waals surface area contributed by atoms with Crippen LogP contribution in [0.3, 0.4) is 0 Å². The molecule has 0 spiro atoms. The molecule has 1 N–H and O–H groups in total. The second-order valence-corrected chi connectivity index (χ2v) is 6.61. The Morgan fingerprint density at radius 1 is 1.42 bits per heavy atom. The summed E-state index contributed by atoms with van der Waals surface area (Å²) in [4.78, 5) is 19.2. The molecule has 0 saturated heterocycles. The number of carbonyl (C=O) groups is 1. The number of benzene rings is 2. The number of ketones is 1. The van der Waals surface area contributed by atoms with Crippen molar-refractivity contribution in [1.82, 2.24) is 9.97 Å². The van der Waals surface area contributed by atoms with Gasteiger partial charge in [0.1, 0.15) is 12.1 Å². The SMILES string of the molecule is COCC(=O)c1cc2[nH]cnc2c(F)c1Cc1ccc(Br)cc1Cl. The molecule has 124 valence electrons. The van der Waals surface area contributed by atoms with Gasteiger partial charge in [0.2, 0.25) is 0 Å². The monoisotopic (exact) mass is 410 g/mol. The van der Waals surface area contributed by atoms with Crippen LogP contribution < -0.4 is 0 Å². The van der Waals surface area contributed by atoms with Crippen LogP contribution in [-0.4, -0.2) is 29.5 Å². The van der Waals surface area contributed by atoms with Crippen molar-refractivity contribution >= 4 is 44.3 Å². The van der Waals surface area contributed by atoms with E-state index in [2.05, 4.69) is 25.9 Å². The number of hydrogen-bond acceptors (Lipinski definition) is 3. The van der Waals surface area contributed by atoms with Crippen molar-refractivity contribution in [2.24, 2.45) is 0 Å². The summed E-state index contributed by atoms with van der Waals surface area (Å²) in [6, 6.07) is 6.96. The maximum absolute atomic E-state index is 14.9. The second-order valence-electron chi connectivity index (χ2n) is 5.28. The van der Waals surface area contributed by atoms with Gasteiger partial charge in [0.05, 0.1) is 11.8 Å². The molecule has 3 aromatic rings. The fraction of sp³-hybridized carbons (Fsp3) is 0.176. The predicted molar refractivity (Wildman–Crippen MR) is 94.2 cm³/mol. The molecule has 0 bridgehead atoms. The van der Waals surface area contributed by atoms with E-state index in [4.69, 9.17) is 16.3 Å². The van der Waals surface area contributed by atoms with Crippen LogP contribution in [0.2, 0.25) is 5.02 Å². The van der Waals surface area contributed by atoms with Crippen molar-refractivity contribution in [3.8, 4) is 0 Å². The van der Waals surface area contributed by atoms with Crippen LogP contribution >= 0.6 is 27.5 Å². The summed E-state index contributed by atoms with van der Waals surface area (Å²) in [5.41, 5.74) is 1.93. The Morgan fingerprint density at radius 3 is 2.92 bits per heavy atom. The highest BCUT2D eigenvalue weighted by molar-refractivity contribution is 9.10. The summed E-state index contributed by atoms with van der Waals surface area (Å²) in [5, 5.41) is 0.496. The zero-order valence-electron chi connectivity index (χ0n) is 12.7. The first-order chi connectivity index (χ1) is 11.5. The smallest absolute Gasteiger partial charge is 0.188 e. The molecule has 1 aromatic heterocycles. The number of halogens is 3. The van der Waals surface area contributed by atoms with E-state index in [0.29, 0.717) is 10.5 Å². The van der Waals surface area contributed by atoms with E-state index in [0.717, 1.165) is 10.0 Å². The van der Waals surface area contributed by atoms with Crippen molar-refractivity contribution in [2.75, 3.05) is 13.7 Å². The van der Waals surface area contributed by atoms with Crippen molar-refractivity contribution in [3.63, 3.8) is 0 Å². The van der Waals surface area contributed by atoms with Gasteiger partial charge in [-0.2, -0.15) is 0 Å². The third kappa shape index (κ3) is 3.22. The zero-order chi connectivity index (χ0) is 17.3. The van der Waals surface area contributed by atoms with Gasteiger partial charge in [0.15, 0.2) is 11.6 Å². The molecule has 0 fully saturated rings. The Morgan fingerprint density at radius 2 is 2.21 bits per heavy atom. The lowest BCUT2D eigenvalue weighted by Crippen LogP contribution is -2.12. The van der Waals surface area contributed by atoms with Crippen molar-refractivity contribution in [2.45, 2.75) is 6.42 Å². The van der Waals surface area contributed by atoms with E-state index in [-0.39, 0.29) is 35.5 Å². The average molecular weight is 412 g/mol. The minimum absolute atomic E-state index is 0.125. The molecule has 0 aliphatic carbocycles. The molecule has 7 heteroatoms. The number of nitrogens with one attached hydrogen (secondary N) is 1. The summed E-state index contributed by atoms with van der Waals surface area (Å²) in [5.74, 6) is -0.816. The van der Waals surface area contributed by atoms with Gasteiger partial charge >= 0.3 is 0 Å². The number of aromatic nitrogens is 2. The molecule has 0 aliphatic heterocycles. The van der Waals surface area contributed by atoms with Gasteiger partial charge in [-0.15, -0.1) is 0 Å². The molecular formula is C17H13BrClFN2O2. The summed E-state index contributed by atoms with van der Waals surface area (Å²) < 4.78 is 20.7. The second kappa shape index (κ2) is 7.01. The minimum atomic E-state index is -0.521. The molecule has 0 amide bonds. The number of fused-ring (bicyclic) bond motifs is 1. The molecule has 0 aliphatic rings. The van der Waals surface area contributed by atoms with Crippen molar-refractivity contribution < 1.29 is 13.9 Å². The molecular weight excluding hydrogens is 399 g/mol. The van der Waals surface area contributed by atoms with Gasteiger partial charge in [-0.25, -0.2) is 9.37 Å². The number of methoxy groups -OCH3 is 1. The van der Waals surface area contributed by atoms with Crippen molar-refractivity contribution in [3.05, 3.63) is 62.6 Å². The number of hydrogen-bond donors (Lipinski definition) is 1. The van der Waals surface area contributed by atoms with Gasteiger partial charge < -0.3 is 9.72 Å². The maximum Gasteiger partial charge on any atom is 0.188 e. The van der Waals surface area contributed by atoms with Gasteiger partial charge in [-0.05, 0) is 23.8 Å². The van der Waals surface area contributed by atoms with E-state index in [1.807, 2.05) is 6.07 Å². The number of aromatic amines is 1. The predicted octanol–water partition coefficient (Wildman–Crippen LogP) is 4.54. The molecule has 2 aromatic carbocycles. The first kappa shape index (κ1) is 17.1. The number of rotatable bonds is 5. The normalized spacial score (nSPS) is 11.2. The van der Waals surface area contributed by atoms with E-state index in [1.165, 1.54) is 13.4 Å². The Hall–Kier alpha value is -1.76. The summed E-state index contributed by atoms with van der Waals surface area (Å²) in [6.07, 6.45) is 1.58. The van der Waals surface area contributed by atoms with Crippen LogP contribution in [0.5, 0.6) is 0 Å².